The molecule has 0 radical (unpaired) electrons. The van der Waals surface area contributed by atoms with E-state index in [1.54, 1.807) is 6.92 Å². The van der Waals surface area contributed by atoms with Gasteiger partial charge in [-0.05, 0) is 12.8 Å². The molecule has 0 aliphatic rings. The van der Waals surface area contributed by atoms with Crippen LogP contribution >= 0.6 is 0 Å². The first-order valence-electron chi connectivity index (χ1n) is 3.47. The Morgan fingerprint density at radius 2 is 2.20 bits per heavy atom. The van der Waals surface area contributed by atoms with Crippen LogP contribution < -0.4 is 0 Å². The number of aliphatic carboxylic acids is 1. The van der Waals surface area contributed by atoms with Crippen LogP contribution in [0.1, 0.15) is 26.7 Å². The molecule has 0 aliphatic heterocycles. The number of allylic oxidation sites excluding steroid dienone is 1. The molecular formula is C8H14O2. The normalized spacial score (nSPS) is 12.6. The highest BCUT2D eigenvalue weighted by Crippen LogP contribution is 2.11. The van der Waals surface area contributed by atoms with E-state index in [4.69, 9.17) is 5.11 Å². The Morgan fingerprint density at radius 1 is 1.70 bits per heavy atom. The Morgan fingerprint density at radius 3 is 2.50 bits per heavy atom. The quantitative estimate of drug-likeness (QED) is 0.610. The second-order valence-corrected chi connectivity index (χ2v) is 2.55. The monoisotopic (exact) mass is 142 g/mol. The number of carboxylic acid groups (broad SMARTS) is 1. The van der Waals surface area contributed by atoms with Gasteiger partial charge in [-0.2, -0.15) is 0 Å². The zero-order valence-electron chi connectivity index (χ0n) is 6.55. The summed E-state index contributed by atoms with van der Waals surface area (Å²) in [4.78, 5) is 10.3. The number of hydrogen-bond acceptors (Lipinski definition) is 1. The zero-order chi connectivity index (χ0) is 8.15. The molecule has 0 rings (SSSR count). The Kier molecular flexibility index (Phi) is 3.77. The van der Waals surface area contributed by atoms with Crippen LogP contribution in [0.3, 0.4) is 0 Å². The predicted molar refractivity (Wildman–Crippen MR) is 40.8 cm³/mol. The van der Waals surface area contributed by atoms with Gasteiger partial charge in [0.2, 0.25) is 0 Å². The zero-order valence-corrected chi connectivity index (χ0v) is 6.55. The number of rotatable bonds is 4. The van der Waals surface area contributed by atoms with Crippen molar-refractivity contribution in [2.75, 3.05) is 0 Å². The molecule has 0 spiro atoms. The minimum absolute atomic E-state index is 0.285. The summed E-state index contributed by atoms with van der Waals surface area (Å²) in [6.07, 6.45) is 1.48. The smallest absolute Gasteiger partial charge is 0.306 e. The van der Waals surface area contributed by atoms with Gasteiger partial charge >= 0.3 is 5.97 Å². The van der Waals surface area contributed by atoms with Gasteiger partial charge in [-0.15, -0.1) is 0 Å². The highest BCUT2D eigenvalue weighted by atomic mass is 16.4. The number of carbonyl (C=O) groups is 1. The maximum atomic E-state index is 10.3. The van der Waals surface area contributed by atoms with Crippen molar-refractivity contribution < 1.29 is 9.90 Å². The average Bonchev–Trinajstić information content (AvgIpc) is 1.87. The summed E-state index contributed by atoms with van der Waals surface area (Å²) < 4.78 is 0. The van der Waals surface area contributed by atoms with Gasteiger partial charge in [0.15, 0.2) is 0 Å². The SMILES string of the molecule is C=C(CC)CC(C)C(=O)O. The van der Waals surface area contributed by atoms with E-state index >= 15 is 0 Å². The second kappa shape index (κ2) is 4.09. The topological polar surface area (TPSA) is 37.3 Å². The summed E-state index contributed by atoms with van der Waals surface area (Å²) >= 11 is 0. The lowest BCUT2D eigenvalue weighted by atomic mass is 10.0. The Hall–Kier alpha value is -0.790. The highest BCUT2D eigenvalue weighted by Gasteiger charge is 2.10. The van der Waals surface area contributed by atoms with Crippen molar-refractivity contribution in [1.82, 2.24) is 0 Å². The molecular weight excluding hydrogens is 128 g/mol. The average molecular weight is 142 g/mol. The highest BCUT2D eigenvalue weighted by molar-refractivity contribution is 5.69. The first-order valence-corrected chi connectivity index (χ1v) is 3.47. The summed E-state index contributed by atoms with van der Waals surface area (Å²) in [5.41, 5.74) is 1.01. The van der Waals surface area contributed by atoms with E-state index in [1.807, 2.05) is 6.92 Å². The molecule has 1 atom stereocenters. The van der Waals surface area contributed by atoms with Gasteiger partial charge in [0.1, 0.15) is 0 Å². The molecule has 2 heteroatoms. The van der Waals surface area contributed by atoms with Gasteiger partial charge in [0.05, 0.1) is 5.92 Å². The van der Waals surface area contributed by atoms with E-state index < -0.39 is 5.97 Å². The largest absolute Gasteiger partial charge is 0.481 e. The van der Waals surface area contributed by atoms with Crippen LogP contribution in [0.15, 0.2) is 12.2 Å². The summed E-state index contributed by atoms with van der Waals surface area (Å²) in [5, 5.41) is 8.49. The van der Waals surface area contributed by atoms with Crippen LogP contribution in [0.5, 0.6) is 0 Å². The molecule has 2 nitrogen and oxygen atoms in total. The van der Waals surface area contributed by atoms with E-state index in [1.165, 1.54) is 0 Å². The van der Waals surface area contributed by atoms with Crippen LogP contribution in [-0.2, 0) is 4.79 Å². The molecule has 58 valence electrons. The Bertz CT molecular complexity index is 138. The van der Waals surface area contributed by atoms with Gasteiger partial charge in [-0.3, -0.25) is 4.79 Å². The molecule has 0 aromatic rings. The predicted octanol–water partition coefficient (Wildman–Crippen LogP) is 2.06. The third kappa shape index (κ3) is 3.28. The first kappa shape index (κ1) is 9.21. The van der Waals surface area contributed by atoms with Gasteiger partial charge in [-0.25, -0.2) is 0 Å². The summed E-state index contributed by atoms with van der Waals surface area (Å²) in [6, 6.07) is 0. The molecule has 1 N–H and O–H groups in total. The molecule has 0 aromatic carbocycles. The fraction of sp³-hybridized carbons (Fsp3) is 0.625. The lowest BCUT2D eigenvalue weighted by Gasteiger charge is -2.05. The second-order valence-electron chi connectivity index (χ2n) is 2.55. The molecule has 1 unspecified atom stereocenters. The molecule has 0 amide bonds. The van der Waals surface area contributed by atoms with Crippen molar-refractivity contribution in [3.8, 4) is 0 Å². The molecule has 0 fully saturated rings. The Balaban J connectivity index is 3.68. The Labute approximate surface area is 61.6 Å². The van der Waals surface area contributed by atoms with Crippen molar-refractivity contribution in [3.63, 3.8) is 0 Å². The van der Waals surface area contributed by atoms with Crippen molar-refractivity contribution in [3.05, 3.63) is 12.2 Å². The molecule has 0 aliphatic carbocycles. The third-order valence-corrected chi connectivity index (χ3v) is 1.52. The van der Waals surface area contributed by atoms with Crippen molar-refractivity contribution in [2.24, 2.45) is 5.92 Å². The molecule has 0 aromatic heterocycles. The van der Waals surface area contributed by atoms with Crippen LogP contribution in [0, 0.1) is 5.92 Å². The maximum absolute atomic E-state index is 10.3. The molecule has 0 heterocycles. The van der Waals surface area contributed by atoms with Crippen molar-refractivity contribution >= 4 is 5.97 Å². The molecule has 0 bridgehead atoms. The van der Waals surface area contributed by atoms with Gasteiger partial charge in [0.25, 0.3) is 0 Å². The standard InChI is InChI=1S/C8H14O2/c1-4-6(2)5-7(3)8(9)10/h7H,2,4-5H2,1,3H3,(H,9,10). The third-order valence-electron chi connectivity index (χ3n) is 1.52. The van der Waals surface area contributed by atoms with Crippen molar-refractivity contribution in [1.29, 1.82) is 0 Å². The molecule has 0 saturated heterocycles. The van der Waals surface area contributed by atoms with E-state index in [2.05, 4.69) is 6.58 Å². The fourth-order valence-corrected chi connectivity index (χ4v) is 0.665. The molecule has 0 saturated carbocycles. The van der Waals surface area contributed by atoms with Crippen LogP contribution in [0.2, 0.25) is 0 Å². The summed E-state index contributed by atoms with van der Waals surface area (Å²) in [5.74, 6) is -1.03. The van der Waals surface area contributed by atoms with Crippen LogP contribution in [0.25, 0.3) is 0 Å². The summed E-state index contributed by atoms with van der Waals surface area (Å²) in [6.45, 7) is 7.41. The van der Waals surface area contributed by atoms with Crippen LogP contribution in [-0.4, -0.2) is 11.1 Å². The van der Waals surface area contributed by atoms with E-state index in [-0.39, 0.29) is 5.92 Å². The lowest BCUT2D eigenvalue weighted by molar-refractivity contribution is -0.141. The maximum Gasteiger partial charge on any atom is 0.306 e. The number of hydrogen-bond donors (Lipinski definition) is 1. The molecule has 10 heavy (non-hydrogen) atoms. The van der Waals surface area contributed by atoms with Crippen LogP contribution in [0.4, 0.5) is 0 Å². The van der Waals surface area contributed by atoms with E-state index in [0.29, 0.717) is 6.42 Å². The van der Waals surface area contributed by atoms with Gasteiger partial charge in [-0.1, -0.05) is 26.0 Å². The fourth-order valence-electron chi connectivity index (χ4n) is 0.665. The van der Waals surface area contributed by atoms with Crippen molar-refractivity contribution in [2.45, 2.75) is 26.7 Å². The minimum atomic E-state index is -0.741. The minimum Gasteiger partial charge on any atom is -0.481 e. The first-order chi connectivity index (χ1) is 4.57. The van der Waals surface area contributed by atoms with E-state index in [9.17, 15) is 4.79 Å². The number of carboxylic acids is 1. The van der Waals surface area contributed by atoms with E-state index in [0.717, 1.165) is 12.0 Å². The lowest BCUT2D eigenvalue weighted by Crippen LogP contribution is -2.09. The van der Waals surface area contributed by atoms with Gasteiger partial charge < -0.3 is 5.11 Å². The summed E-state index contributed by atoms with van der Waals surface area (Å²) in [7, 11) is 0. The van der Waals surface area contributed by atoms with Gasteiger partial charge in [0, 0.05) is 0 Å².